The van der Waals surface area contributed by atoms with Gasteiger partial charge >= 0.3 is 5.97 Å². The number of hydrogen-bond donors (Lipinski definition) is 2. The van der Waals surface area contributed by atoms with E-state index in [4.69, 9.17) is 0 Å². The molecule has 0 amide bonds. The highest BCUT2D eigenvalue weighted by molar-refractivity contribution is 5.75. The second-order valence-corrected chi connectivity index (χ2v) is 5.25. The molecule has 4 heteroatoms. The van der Waals surface area contributed by atoms with Crippen LogP contribution < -0.4 is 0 Å². The van der Waals surface area contributed by atoms with Gasteiger partial charge in [-0.15, -0.1) is 0 Å². The number of β-amino-alcohol motifs (C(OH)–C–C–N with tert-alkyl or cyclic N) is 1. The average molecular weight is 229 g/mol. The van der Waals surface area contributed by atoms with Gasteiger partial charge in [-0.05, 0) is 32.7 Å². The first-order chi connectivity index (χ1) is 7.35. The van der Waals surface area contributed by atoms with E-state index in [1.165, 1.54) is 0 Å². The lowest BCUT2D eigenvalue weighted by Crippen LogP contribution is -2.41. The first kappa shape index (κ1) is 13.5. The first-order valence-electron chi connectivity index (χ1n) is 6.03. The second-order valence-electron chi connectivity index (χ2n) is 5.25. The van der Waals surface area contributed by atoms with Crippen LogP contribution >= 0.6 is 0 Å². The number of likely N-dealkylation sites (tertiary alicyclic amines) is 1. The molecule has 0 spiro atoms. The number of carboxylic acids is 1. The fourth-order valence-corrected chi connectivity index (χ4v) is 2.30. The zero-order chi connectivity index (χ0) is 12.4. The maximum atomic E-state index is 11.2. The molecular weight excluding hydrogens is 206 g/mol. The van der Waals surface area contributed by atoms with Gasteiger partial charge in [-0.2, -0.15) is 0 Å². The van der Waals surface area contributed by atoms with Crippen molar-refractivity contribution in [1.29, 1.82) is 0 Å². The molecule has 1 heterocycles. The van der Waals surface area contributed by atoms with Crippen molar-refractivity contribution < 1.29 is 15.0 Å². The number of aliphatic carboxylic acids is 1. The topological polar surface area (TPSA) is 60.8 Å². The monoisotopic (exact) mass is 229 g/mol. The summed E-state index contributed by atoms with van der Waals surface area (Å²) >= 11 is 0. The van der Waals surface area contributed by atoms with Gasteiger partial charge in [0, 0.05) is 13.1 Å². The summed E-state index contributed by atoms with van der Waals surface area (Å²) in [5.74, 6) is -0.700. The predicted octanol–water partition coefficient (Wildman–Crippen LogP) is 1.33. The Kier molecular flexibility index (Phi) is 3.97. The Morgan fingerprint density at radius 2 is 2.12 bits per heavy atom. The van der Waals surface area contributed by atoms with Crippen molar-refractivity contribution in [2.45, 2.75) is 45.6 Å². The van der Waals surface area contributed by atoms with Crippen LogP contribution in [0.25, 0.3) is 0 Å². The minimum absolute atomic E-state index is 0.564. The van der Waals surface area contributed by atoms with E-state index >= 15 is 0 Å². The molecule has 1 aliphatic rings. The second kappa shape index (κ2) is 4.72. The molecule has 2 atom stereocenters. The average Bonchev–Trinajstić information content (AvgIpc) is 2.62. The van der Waals surface area contributed by atoms with Crippen LogP contribution in [0.5, 0.6) is 0 Å². The van der Waals surface area contributed by atoms with Crippen LogP contribution in [-0.2, 0) is 4.79 Å². The third-order valence-corrected chi connectivity index (χ3v) is 3.89. The number of nitrogens with zero attached hydrogens (tertiary/aromatic N) is 1. The van der Waals surface area contributed by atoms with Crippen LogP contribution in [0.2, 0.25) is 0 Å². The largest absolute Gasteiger partial charge is 0.481 e. The maximum Gasteiger partial charge on any atom is 0.310 e. The Hall–Kier alpha value is -0.610. The molecule has 2 unspecified atom stereocenters. The normalized spacial score (nSPS) is 30.2. The molecule has 94 valence electrons. The van der Waals surface area contributed by atoms with Gasteiger partial charge in [0.05, 0.1) is 11.0 Å². The van der Waals surface area contributed by atoms with Crippen molar-refractivity contribution >= 4 is 5.97 Å². The molecule has 1 aliphatic heterocycles. The van der Waals surface area contributed by atoms with Crippen molar-refractivity contribution in [2.75, 3.05) is 19.6 Å². The summed E-state index contributed by atoms with van der Waals surface area (Å²) in [6.45, 7) is 7.58. The van der Waals surface area contributed by atoms with Gasteiger partial charge in [0.1, 0.15) is 0 Å². The first-order valence-corrected chi connectivity index (χ1v) is 6.03. The summed E-state index contributed by atoms with van der Waals surface area (Å²) in [6, 6.07) is 0. The molecular formula is C12H23NO3. The van der Waals surface area contributed by atoms with E-state index in [0.29, 0.717) is 32.4 Å². The van der Waals surface area contributed by atoms with Crippen molar-refractivity contribution in [1.82, 2.24) is 4.90 Å². The molecule has 1 fully saturated rings. The quantitative estimate of drug-likeness (QED) is 0.746. The highest BCUT2D eigenvalue weighted by Crippen LogP contribution is 2.34. The van der Waals surface area contributed by atoms with Gasteiger partial charge in [0.2, 0.25) is 0 Å². The summed E-state index contributed by atoms with van der Waals surface area (Å²) in [4.78, 5) is 13.3. The fraction of sp³-hybridized carbons (Fsp3) is 0.917. The van der Waals surface area contributed by atoms with Crippen LogP contribution in [0.4, 0.5) is 0 Å². The third kappa shape index (κ3) is 2.74. The maximum absolute atomic E-state index is 11.2. The minimum atomic E-state index is -0.706. The Morgan fingerprint density at radius 3 is 2.50 bits per heavy atom. The van der Waals surface area contributed by atoms with Crippen molar-refractivity contribution in [3.8, 4) is 0 Å². The van der Waals surface area contributed by atoms with E-state index in [-0.39, 0.29) is 0 Å². The van der Waals surface area contributed by atoms with Gasteiger partial charge in [0.15, 0.2) is 0 Å². The van der Waals surface area contributed by atoms with Gasteiger partial charge in [-0.25, -0.2) is 0 Å². The SMILES string of the molecule is CCC(C)(O)CN1CCC(CC)(C(=O)O)C1. The fourth-order valence-electron chi connectivity index (χ4n) is 2.30. The molecule has 0 aromatic heterocycles. The zero-order valence-corrected chi connectivity index (χ0v) is 10.5. The van der Waals surface area contributed by atoms with Crippen LogP contribution in [-0.4, -0.2) is 46.3 Å². The highest BCUT2D eigenvalue weighted by atomic mass is 16.4. The van der Waals surface area contributed by atoms with Crippen molar-refractivity contribution in [3.63, 3.8) is 0 Å². The molecule has 4 nitrogen and oxygen atoms in total. The Bertz CT molecular complexity index is 265. The summed E-state index contributed by atoms with van der Waals surface area (Å²) < 4.78 is 0. The van der Waals surface area contributed by atoms with E-state index in [2.05, 4.69) is 4.90 Å². The van der Waals surface area contributed by atoms with Crippen LogP contribution in [0.15, 0.2) is 0 Å². The van der Waals surface area contributed by atoms with Gasteiger partial charge in [-0.3, -0.25) is 9.69 Å². The molecule has 1 rings (SSSR count). The molecule has 0 radical (unpaired) electrons. The number of hydrogen-bond acceptors (Lipinski definition) is 3. The molecule has 2 N–H and O–H groups in total. The highest BCUT2D eigenvalue weighted by Gasteiger charge is 2.44. The summed E-state index contributed by atoms with van der Waals surface area (Å²) in [5.41, 5.74) is -1.30. The molecule has 16 heavy (non-hydrogen) atoms. The molecule has 0 bridgehead atoms. The lowest BCUT2D eigenvalue weighted by molar-refractivity contribution is -0.148. The summed E-state index contributed by atoms with van der Waals surface area (Å²) in [6.07, 6.45) is 2.04. The van der Waals surface area contributed by atoms with Gasteiger partial charge < -0.3 is 10.2 Å². The standard InChI is InChI=1S/C12H23NO3/c1-4-11(3,16)8-13-7-6-12(5-2,9-13)10(14)15/h16H,4-9H2,1-3H3,(H,14,15). The number of carbonyl (C=O) groups is 1. The van der Waals surface area contributed by atoms with E-state index in [9.17, 15) is 15.0 Å². The van der Waals surface area contributed by atoms with Crippen molar-refractivity contribution in [3.05, 3.63) is 0 Å². The van der Waals surface area contributed by atoms with Gasteiger partial charge in [-0.1, -0.05) is 13.8 Å². The van der Waals surface area contributed by atoms with Crippen LogP contribution in [0.3, 0.4) is 0 Å². The zero-order valence-electron chi connectivity index (χ0n) is 10.5. The van der Waals surface area contributed by atoms with Crippen LogP contribution in [0.1, 0.15) is 40.0 Å². The van der Waals surface area contributed by atoms with E-state index < -0.39 is 17.0 Å². The van der Waals surface area contributed by atoms with E-state index in [0.717, 1.165) is 6.54 Å². The Morgan fingerprint density at radius 1 is 1.50 bits per heavy atom. The third-order valence-electron chi connectivity index (χ3n) is 3.89. The number of aliphatic hydroxyl groups is 1. The Labute approximate surface area is 97.3 Å². The number of rotatable bonds is 5. The van der Waals surface area contributed by atoms with Crippen LogP contribution in [0, 0.1) is 5.41 Å². The van der Waals surface area contributed by atoms with E-state index in [1.54, 1.807) is 6.92 Å². The smallest absolute Gasteiger partial charge is 0.310 e. The predicted molar refractivity (Wildman–Crippen MR) is 62.3 cm³/mol. The summed E-state index contributed by atoms with van der Waals surface area (Å²) in [5, 5.41) is 19.2. The Balaban J connectivity index is 2.61. The lowest BCUT2D eigenvalue weighted by atomic mass is 9.84. The molecule has 0 aromatic carbocycles. The minimum Gasteiger partial charge on any atom is -0.481 e. The van der Waals surface area contributed by atoms with Gasteiger partial charge in [0.25, 0.3) is 0 Å². The molecule has 0 aliphatic carbocycles. The lowest BCUT2D eigenvalue weighted by Gasteiger charge is -2.29. The van der Waals surface area contributed by atoms with Crippen molar-refractivity contribution in [2.24, 2.45) is 5.41 Å². The van der Waals surface area contributed by atoms with E-state index in [1.807, 2.05) is 13.8 Å². The molecule has 1 saturated heterocycles. The summed E-state index contributed by atoms with van der Waals surface area (Å²) in [7, 11) is 0. The molecule has 0 saturated carbocycles. The molecule has 0 aromatic rings. The number of carboxylic acid groups (broad SMARTS) is 1.